The summed E-state index contributed by atoms with van der Waals surface area (Å²) in [6.07, 6.45) is 1.63. The van der Waals surface area contributed by atoms with E-state index < -0.39 is 4.92 Å². The first-order chi connectivity index (χ1) is 16.0. The molecule has 0 fully saturated rings. The molecule has 0 bridgehead atoms. The zero-order valence-corrected chi connectivity index (χ0v) is 19.3. The third kappa shape index (κ3) is 5.30. The standard InChI is InChI=1S/C25H20BrN3O4/c1-32-24-13-19(15-27-28-20-9-11-21(12-10-20)29(30)31)23(26)14-25(24)33-16-18-7-4-6-17-5-2-3-8-22(17)18/h2-15,28H,16H2,1H3/b27-15+. The molecule has 33 heavy (non-hydrogen) atoms. The summed E-state index contributed by atoms with van der Waals surface area (Å²) in [7, 11) is 1.59. The number of methoxy groups -OCH3 is 1. The van der Waals surface area contributed by atoms with Crippen molar-refractivity contribution in [3.8, 4) is 11.5 Å². The molecular weight excluding hydrogens is 486 g/mol. The summed E-state index contributed by atoms with van der Waals surface area (Å²) in [6, 6.07) is 24.0. The van der Waals surface area contributed by atoms with E-state index in [1.54, 1.807) is 25.5 Å². The fourth-order valence-electron chi connectivity index (χ4n) is 3.33. The molecule has 0 unspecified atom stereocenters. The van der Waals surface area contributed by atoms with Gasteiger partial charge in [-0.1, -0.05) is 42.5 Å². The monoisotopic (exact) mass is 505 g/mol. The molecule has 0 aromatic heterocycles. The third-order valence-electron chi connectivity index (χ3n) is 5.02. The summed E-state index contributed by atoms with van der Waals surface area (Å²) < 4.78 is 12.4. The minimum atomic E-state index is -0.444. The minimum Gasteiger partial charge on any atom is -0.493 e. The van der Waals surface area contributed by atoms with Crippen molar-refractivity contribution in [1.29, 1.82) is 0 Å². The second kappa shape index (κ2) is 10.1. The molecule has 0 saturated heterocycles. The maximum absolute atomic E-state index is 10.7. The van der Waals surface area contributed by atoms with Crippen molar-refractivity contribution in [3.63, 3.8) is 0 Å². The number of hydrogen-bond donors (Lipinski definition) is 1. The van der Waals surface area contributed by atoms with Gasteiger partial charge in [-0.3, -0.25) is 15.5 Å². The second-order valence-electron chi connectivity index (χ2n) is 7.13. The quantitative estimate of drug-likeness (QED) is 0.167. The van der Waals surface area contributed by atoms with Crippen LogP contribution < -0.4 is 14.9 Å². The molecule has 0 aliphatic rings. The topological polar surface area (TPSA) is 86.0 Å². The molecule has 0 spiro atoms. The Hall–Kier alpha value is -3.91. The van der Waals surface area contributed by atoms with Gasteiger partial charge in [0.25, 0.3) is 5.69 Å². The van der Waals surface area contributed by atoms with Crippen LogP contribution in [0, 0.1) is 10.1 Å². The Balaban J connectivity index is 1.48. The zero-order chi connectivity index (χ0) is 23.2. The number of anilines is 1. The molecule has 8 heteroatoms. The number of non-ortho nitro benzene ring substituents is 1. The van der Waals surface area contributed by atoms with Crippen LogP contribution in [0.25, 0.3) is 10.8 Å². The van der Waals surface area contributed by atoms with E-state index in [0.29, 0.717) is 23.8 Å². The molecule has 0 saturated carbocycles. The molecule has 0 heterocycles. The first kappa shape index (κ1) is 22.3. The van der Waals surface area contributed by atoms with Crippen molar-refractivity contribution in [3.05, 3.63) is 105 Å². The van der Waals surface area contributed by atoms with Crippen LogP contribution in [0.4, 0.5) is 11.4 Å². The summed E-state index contributed by atoms with van der Waals surface area (Å²) in [6.45, 7) is 0.402. The Bertz CT molecular complexity index is 1320. The highest BCUT2D eigenvalue weighted by Gasteiger charge is 2.11. The number of nitrogens with one attached hydrogen (secondary N) is 1. The average Bonchev–Trinajstić information content (AvgIpc) is 2.84. The summed E-state index contributed by atoms with van der Waals surface area (Å²) in [4.78, 5) is 10.3. The van der Waals surface area contributed by atoms with Crippen LogP contribution in [0.15, 0.2) is 88.4 Å². The lowest BCUT2D eigenvalue weighted by molar-refractivity contribution is -0.384. The van der Waals surface area contributed by atoms with Crippen LogP contribution in [-0.4, -0.2) is 18.2 Å². The van der Waals surface area contributed by atoms with Gasteiger partial charge in [0.1, 0.15) is 6.61 Å². The van der Waals surface area contributed by atoms with Crippen LogP contribution >= 0.6 is 15.9 Å². The minimum absolute atomic E-state index is 0.0242. The number of nitro benzene ring substituents is 1. The van der Waals surface area contributed by atoms with E-state index in [1.807, 2.05) is 30.3 Å². The molecule has 166 valence electrons. The number of fused-ring (bicyclic) bond motifs is 1. The molecule has 7 nitrogen and oxygen atoms in total. The number of rotatable bonds is 8. The van der Waals surface area contributed by atoms with E-state index in [9.17, 15) is 10.1 Å². The van der Waals surface area contributed by atoms with E-state index >= 15 is 0 Å². The normalized spacial score (nSPS) is 11.0. The van der Waals surface area contributed by atoms with Crippen LogP contribution in [0.1, 0.15) is 11.1 Å². The van der Waals surface area contributed by atoms with Gasteiger partial charge in [0, 0.05) is 22.2 Å². The molecule has 0 aliphatic carbocycles. The van der Waals surface area contributed by atoms with Crippen molar-refractivity contribution in [2.75, 3.05) is 12.5 Å². The molecule has 0 aliphatic heterocycles. The number of nitrogens with zero attached hydrogens (tertiary/aromatic N) is 2. The van der Waals surface area contributed by atoms with Crippen molar-refractivity contribution in [2.24, 2.45) is 5.10 Å². The highest BCUT2D eigenvalue weighted by molar-refractivity contribution is 9.10. The number of nitro groups is 1. The molecule has 0 atom stereocenters. The fraction of sp³-hybridized carbons (Fsp3) is 0.0800. The largest absolute Gasteiger partial charge is 0.493 e. The van der Waals surface area contributed by atoms with Gasteiger partial charge in [-0.05, 0) is 56.5 Å². The molecular formula is C25H20BrN3O4. The second-order valence-corrected chi connectivity index (χ2v) is 7.98. The first-order valence-electron chi connectivity index (χ1n) is 10.1. The lowest BCUT2D eigenvalue weighted by atomic mass is 10.1. The molecule has 0 amide bonds. The Kier molecular flexibility index (Phi) is 6.85. The van der Waals surface area contributed by atoms with Crippen molar-refractivity contribution in [1.82, 2.24) is 0 Å². The van der Waals surface area contributed by atoms with Crippen molar-refractivity contribution in [2.45, 2.75) is 6.61 Å². The van der Waals surface area contributed by atoms with Crippen LogP contribution in [-0.2, 0) is 6.61 Å². The number of hydrogen-bond acceptors (Lipinski definition) is 6. The van der Waals surface area contributed by atoms with Gasteiger partial charge in [-0.15, -0.1) is 0 Å². The molecule has 1 N–H and O–H groups in total. The van der Waals surface area contributed by atoms with E-state index in [2.05, 4.69) is 50.7 Å². The number of hydrazone groups is 1. The number of halogens is 1. The molecule has 4 aromatic rings. The zero-order valence-electron chi connectivity index (χ0n) is 17.7. The predicted molar refractivity (Wildman–Crippen MR) is 133 cm³/mol. The highest BCUT2D eigenvalue weighted by atomic mass is 79.9. The molecule has 0 radical (unpaired) electrons. The lowest BCUT2D eigenvalue weighted by Crippen LogP contribution is -2.00. The Labute approximate surface area is 198 Å². The SMILES string of the molecule is COc1cc(/C=N/Nc2ccc([N+](=O)[O-])cc2)c(Br)cc1OCc1cccc2ccccc12. The Morgan fingerprint density at radius 1 is 1.03 bits per heavy atom. The van der Waals surface area contributed by atoms with Gasteiger partial charge in [-0.2, -0.15) is 5.10 Å². The van der Waals surface area contributed by atoms with E-state index in [4.69, 9.17) is 9.47 Å². The molecule has 4 aromatic carbocycles. The Morgan fingerprint density at radius 2 is 1.79 bits per heavy atom. The van der Waals surface area contributed by atoms with E-state index in [-0.39, 0.29) is 5.69 Å². The predicted octanol–water partition coefficient (Wildman–Crippen LogP) is 6.54. The smallest absolute Gasteiger partial charge is 0.269 e. The van der Waals surface area contributed by atoms with Crippen LogP contribution in [0.2, 0.25) is 0 Å². The van der Waals surface area contributed by atoms with E-state index in [1.165, 1.54) is 17.5 Å². The third-order valence-corrected chi connectivity index (χ3v) is 5.71. The van der Waals surface area contributed by atoms with Gasteiger partial charge in [0.2, 0.25) is 0 Å². The summed E-state index contributed by atoms with van der Waals surface area (Å²) in [5.74, 6) is 1.19. The summed E-state index contributed by atoms with van der Waals surface area (Å²) in [5, 5.41) is 17.3. The highest BCUT2D eigenvalue weighted by Crippen LogP contribution is 2.34. The maximum Gasteiger partial charge on any atom is 0.269 e. The van der Waals surface area contributed by atoms with Crippen molar-refractivity contribution < 1.29 is 14.4 Å². The Morgan fingerprint density at radius 3 is 2.55 bits per heavy atom. The maximum atomic E-state index is 10.7. The van der Waals surface area contributed by atoms with Gasteiger partial charge in [-0.25, -0.2) is 0 Å². The van der Waals surface area contributed by atoms with Gasteiger partial charge in [0.05, 0.1) is 23.9 Å². The summed E-state index contributed by atoms with van der Waals surface area (Å²) in [5.41, 5.74) is 5.38. The first-order valence-corrected chi connectivity index (χ1v) is 10.8. The molecule has 4 rings (SSSR count). The van der Waals surface area contributed by atoms with Crippen molar-refractivity contribution >= 4 is 44.3 Å². The average molecular weight is 506 g/mol. The lowest BCUT2D eigenvalue weighted by Gasteiger charge is -2.14. The number of ether oxygens (including phenoxy) is 2. The van der Waals surface area contributed by atoms with Gasteiger partial charge in [0.15, 0.2) is 11.5 Å². The van der Waals surface area contributed by atoms with Gasteiger partial charge >= 0.3 is 0 Å². The van der Waals surface area contributed by atoms with Crippen LogP contribution in [0.5, 0.6) is 11.5 Å². The fourth-order valence-corrected chi connectivity index (χ4v) is 3.75. The van der Waals surface area contributed by atoms with Crippen LogP contribution in [0.3, 0.4) is 0 Å². The summed E-state index contributed by atoms with van der Waals surface area (Å²) >= 11 is 3.56. The van der Waals surface area contributed by atoms with Gasteiger partial charge < -0.3 is 9.47 Å². The number of benzene rings is 4. The van der Waals surface area contributed by atoms with E-state index in [0.717, 1.165) is 21.0 Å².